The van der Waals surface area contributed by atoms with E-state index in [1.807, 2.05) is 4.40 Å². The Morgan fingerprint density at radius 2 is 2.06 bits per heavy atom. The predicted molar refractivity (Wildman–Crippen MR) is 71.2 cm³/mol. The van der Waals surface area contributed by atoms with Crippen molar-refractivity contribution in [2.75, 3.05) is 0 Å². The summed E-state index contributed by atoms with van der Waals surface area (Å²) in [7, 11) is 0. The molecule has 2 heterocycles. The van der Waals surface area contributed by atoms with Crippen molar-refractivity contribution < 1.29 is 4.79 Å². The van der Waals surface area contributed by atoms with Gasteiger partial charge in [-0.3, -0.25) is 9.20 Å². The average molecular weight is 250 g/mol. The van der Waals surface area contributed by atoms with Crippen molar-refractivity contribution in [1.29, 1.82) is 0 Å². The summed E-state index contributed by atoms with van der Waals surface area (Å²) in [5.74, 6) is 0.273. The summed E-state index contributed by atoms with van der Waals surface area (Å²) in [5.41, 5.74) is 2.78. The van der Waals surface area contributed by atoms with E-state index in [4.69, 9.17) is 0 Å². The van der Waals surface area contributed by atoms with Crippen LogP contribution < -0.4 is 0 Å². The SMILES string of the molecule is CC(C)c1nc2scc(C(C)(C)C)n2c1C=O. The van der Waals surface area contributed by atoms with Gasteiger partial charge in [0, 0.05) is 16.5 Å². The van der Waals surface area contributed by atoms with E-state index in [1.165, 1.54) is 0 Å². The Morgan fingerprint density at radius 3 is 2.53 bits per heavy atom. The Morgan fingerprint density at radius 1 is 1.41 bits per heavy atom. The number of imidazole rings is 1. The topological polar surface area (TPSA) is 34.4 Å². The number of hydrogen-bond donors (Lipinski definition) is 0. The molecule has 17 heavy (non-hydrogen) atoms. The van der Waals surface area contributed by atoms with E-state index in [9.17, 15) is 4.79 Å². The third kappa shape index (κ3) is 1.90. The third-order valence-corrected chi connectivity index (χ3v) is 3.68. The number of fused-ring (bicyclic) bond motifs is 1. The number of nitrogens with zero attached hydrogens (tertiary/aromatic N) is 2. The first kappa shape index (κ1) is 12.3. The molecular weight excluding hydrogens is 232 g/mol. The monoisotopic (exact) mass is 250 g/mol. The van der Waals surface area contributed by atoms with Crippen LogP contribution in [0.3, 0.4) is 0 Å². The Kier molecular flexibility index (Phi) is 2.86. The summed E-state index contributed by atoms with van der Waals surface area (Å²) in [5, 5.41) is 2.10. The first-order valence-electron chi connectivity index (χ1n) is 5.81. The van der Waals surface area contributed by atoms with Gasteiger partial charge in [0.05, 0.1) is 5.69 Å². The zero-order valence-electron chi connectivity index (χ0n) is 10.9. The van der Waals surface area contributed by atoms with Gasteiger partial charge in [0.25, 0.3) is 0 Å². The van der Waals surface area contributed by atoms with Gasteiger partial charge in [-0.1, -0.05) is 34.6 Å². The highest BCUT2D eigenvalue weighted by Crippen LogP contribution is 2.31. The van der Waals surface area contributed by atoms with Crippen LogP contribution in [0.25, 0.3) is 4.96 Å². The van der Waals surface area contributed by atoms with E-state index < -0.39 is 0 Å². The van der Waals surface area contributed by atoms with Crippen molar-refractivity contribution in [2.24, 2.45) is 0 Å². The number of aromatic nitrogens is 2. The van der Waals surface area contributed by atoms with Crippen molar-refractivity contribution in [2.45, 2.75) is 46.0 Å². The summed E-state index contributed by atoms with van der Waals surface area (Å²) in [6.45, 7) is 10.6. The summed E-state index contributed by atoms with van der Waals surface area (Å²) < 4.78 is 2.01. The molecule has 3 nitrogen and oxygen atoms in total. The lowest BCUT2D eigenvalue weighted by atomic mass is 9.93. The lowest BCUT2D eigenvalue weighted by molar-refractivity contribution is 0.111. The minimum absolute atomic E-state index is 0.0188. The van der Waals surface area contributed by atoms with E-state index in [1.54, 1.807) is 11.3 Å². The highest BCUT2D eigenvalue weighted by molar-refractivity contribution is 7.15. The molecule has 0 aliphatic rings. The van der Waals surface area contributed by atoms with Crippen molar-refractivity contribution in [3.05, 3.63) is 22.5 Å². The van der Waals surface area contributed by atoms with Crippen LogP contribution in [0.4, 0.5) is 0 Å². The molecule has 0 aromatic carbocycles. The molecule has 0 saturated carbocycles. The molecule has 2 rings (SSSR count). The smallest absolute Gasteiger partial charge is 0.194 e. The first-order valence-corrected chi connectivity index (χ1v) is 6.69. The van der Waals surface area contributed by atoms with E-state index >= 15 is 0 Å². The lowest BCUT2D eigenvalue weighted by Gasteiger charge is -2.17. The molecule has 0 aliphatic heterocycles. The van der Waals surface area contributed by atoms with Crippen LogP contribution in [-0.4, -0.2) is 15.7 Å². The van der Waals surface area contributed by atoms with E-state index in [2.05, 4.69) is 45.0 Å². The average Bonchev–Trinajstić information content (AvgIpc) is 2.71. The molecule has 0 radical (unpaired) electrons. The molecular formula is C13H18N2OS. The Labute approximate surface area is 105 Å². The van der Waals surface area contributed by atoms with Crippen LogP contribution in [0.5, 0.6) is 0 Å². The Hall–Kier alpha value is -1.16. The quantitative estimate of drug-likeness (QED) is 0.763. The maximum Gasteiger partial charge on any atom is 0.194 e. The van der Waals surface area contributed by atoms with Crippen molar-refractivity contribution in [3.8, 4) is 0 Å². The molecule has 4 heteroatoms. The molecule has 0 fully saturated rings. The fraction of sp³-hybridized carbons (Fsp3) is 0.538. The number of hydrogen-bond acceptors (Lipinski definition) is 3. The zero-order valence-corrected chi connectivity index (χ0v) is 11.8. The number of carbonyl (C=O) groups excluding carboxylic acids is 1. The van der Waals surface area contributed by atoms with Gasteiger partial charge in [-0.2, -0.15) is 0 Å². The first-order chi connectivity index (χ1) is 7.86. The third-order valence-electron chi connectivity index (χ3n) is 2.85. The van der Waals surface area contributed by atoms with Gasteiger partial charge in [-0.25, -0.2) is 4.98 Å². The molecule has 0 spiro atoms. The summed E-state index contributed by atoms with van der Waals surface area (Å²) in [4.78, 5) is 16.8. The second kappa shape index (κ2) is 3.95. The molecule has 0 aliphatic carbocycles. The highest BCUT2D eigenvalue weighted by Gasteiger charge is 2.24. The molecule has 0 saturated heterocycles. The summed E-state index contributed by atoms with van der Waals surface area (Å²) in [6.07, 6.45) is 0.928. The van der Waals surface area contributed by atoms with Crippen LogP contribution in [0.1, 0.15) is 62.4 Å². The van der Waals surface area contributed by atoms with Crippen molar-refractivity contribution in [3.63, 3.8) is 0 Å². The van der Waals surface area contributed by atoms with Gasteiger partial charge in [0.15, 0.2) is 11.2 Å². The number of carbonyl (C=O) groups is 1. The second-order valence-corrected chi connectivity index (χ2v) is 6.48. The molecule has 0 amide bonds. The molecule has 0 N–H and O–H groups in total. The van der Waals surface area contributed by atoms with Crippen LogP contribution in [0.15, 0.2) is 5.38 Å². The fourth-order valence-electron chi connectivity index (χ4n) is 1.95. The molecule has 92 valence electrons. The predicted octanol–water partition coefficient (Wildman–Crippen LogP) is 3.63. The van der Waals surface area contributed by atoms with E-state index in [0.717, 1.165) is 22.6 Å². The van der Waals surface area contributed by atoms with Gasteiger partial charge >= 0.3 is 0 Å². The van der Waals surface area contributed by atoms with Crippen molar-refractivity contribution >= 4 is 22.6 Å². The van der Waals surface area contributed by atoms with Gasteiger partial charge in [0.1, 0.15) is 5.69 Å². The van der Waals surface area contributed by atoms with Crippen LogP contribution in [0.2, 0.25) is 0 Å². The molecule has 0 unspecified atom stereocenters. The fourth-order valence-corrected chi connectivity index (χ4v) is 3.08. The van der Waals surface area contributed by atoms with Crippen LogP contribution in [0, 0.1) is 0 Å². The minimum Gasteiger partial charge on any atom is -0.296 e. The Bertz CT molecular complexity index is 558. The number of rotatable bonds is 2. The number of aldehydes is 1. The Balaban J connectivity index is 2.79. The van der Waals surface area contributed by atoms with Crippen LogP contribution >= 0.6 is 11.3 Å². The summed E-state index contributed by atoms with van der Waals surface area (Å²) in [6, 6.07) is 0. The maximum atomic E-state index is 11.3. The molecule has 2 aromatic heterocycles. The molecule has 0 bridgehead atoms. The molecule has 2 aromatic rings. The van der Waals surface area contributed by atoms with Gasteiger partial charge in [-0.15, -0.1) is 11.3 Å². The summed E-state index contributed by atoms with van der Waals surface area (Å²) >= 11 is 1.60. The highest BCUT2D eigenvalue weighted by atomic mass is 32.1. The normalized spacial score (nSPS) is 12.6. The second-order valence-electron chi connectivity index (χ2n) is 5.64. The van der Waals surface area contributed by atoms with E-state index in [0.29, 0.717) is 5.69 Å². The van der Waals surface area contributed by atoms with Gasteiger partial charge in [-0.05, 0) is 5.92 Å². The lowest BCUT2D eigenvalue weighted by Crippen LogP contribution is -2.15. The minimum atomic E-state index is 0.0188. The zero-order chi connectivity index (χ0) is 12.8. The van der Waals surface area contributed by atoms with Crippen molar-refractivity contribution in [1.82, 2.24) is 9.38 Å². The number of thiazole rings is 1. The van der Waals surface area contributed by atoms with Gasteiger partial charge < -0.3 is 0 Å². The standard InChI is InChI=1S/C13H18N2OS/c1-8(2)11-9(6-16)15-10(13(3,4)5)7-17-12(15)14-11/h6-8H,1-5H3. The van der Waals surface area contributed by atoms with Gasteiger partial charge in [0.2, 0.25) is 0 Å². The van der Waals surface area contributed by atoms with E-state index in [-0.39, 0.29) is 11.3 Å². The largest absolute Gasteiger partial charge is 0.296 e. The van der Waals surface area contributed by atoms with Crippen LogP contribution in [-0.2, 0) is 5.41 Å². The maximum absolute atomic E-state index is 11.3. The molecule has 0 atom stereocenters.